The summed E-state index contributed by atoms with van der Waals surface area (Å²) >= 11 is 0. The predicted molar refractivity (Wildman–Crippen MR) is 95.9 cm³/mol. The van der Waals surface area contributed by atoms with E-state index in [0.717, 1.165) is 22.4 Å². The van der Waals surface area contributed by atoms with Crippen LogP contribution in [-0.4, -0.2) is 19.7 Å². The highest BCUT2D eigenvalue weighted by atomic mass is 19.1. The van der Waals surface area contributed by atoms with Gasteiger partial charge in [-0.2, -0.15) is 5.10 Å². The number of halogens is 1. The van der Waals surface area contributed by atoms with Gasteiger partial charge in [0.15, 0.2) is 0 Å². The van der Waals surface area contributed by atoms with Gasteiger partial charge in [-0.3, -0.25) is 4.68 Å². The summed E-state index contributed by atoms with van der Waals surface area (Å²) in [4.78, 5) is 8.77. The highest BCUT2D eigenvalue weighted by Gasteiger charge is 2.11. The molecule has 7 heteroatoms. The molecule has 0 radical (unpaired) electrons. The minimum Gasteiger partial charge on any atom is -0.326 e. The van der Waals surface area contributed by atoms with Gasteiger partial charge in [0.1, 0.15) is 5.82 Å². The van der Waals surface area contributed by atoms with E-state index < -0.39 is 0 Å². The van der Waals surface area contributed by atoms with Crippen molar-refractivity contribution in [2.75, 3.05) is 5.32 Å². The van der Waals surface area contributed by atoms with E-state index in [4.69, 9.17) is 5.73 Å². The molecule has 2 aromatic heterocycles. The van der Waals surface area contributed by atoms with Crippen LogP contribution < -0.4 is 11.1 Å². The average molecular weight is 340 g/mol. The quantitative estimate of drug-likeness (QED) is 0.742. The molecule has 0 bridgehead atoms. The normalized spacial score (nSPS) is 11.1. The third-order valence-electron chi connectivity index (χ3n) is 3.89. The predicted octanol–water partition coefficient (Wildman–Crippen LogP) is 3.57. The summed E-state index contributed by atoms with van der Waals surface area (Å²) in [6.07, 6.45) is 5.43. The van der Waals surface area contributed by atoms with Crippen molar-refractivity contribution in [1.29, 1.82) is 0 Å². The smallest absolute Gasteiger partial charge is 0.227 e. The Morgan fingerprint density at radius 2 is 2.08 bits per heavy atom. The number of nitrogens with two attached hydrogens (primary N) is 1. The zero-order valence-corrected chi connectivity index (χ0v) is 14.5. The topological polar surface area (TPSA) is 81.7 Å². The molecule has 0 saturated heterocycles. The number of nitrogens with one attached hydrogen (secondary N) is 1. The second kappa shape index (κ2) is 6.98. The molecule has 0 aliphatic rings. The van der Waals surface area contributed by atoms with E-state index in [0.29, 0.717) is 18.2 Å². The zero-order chi connectivity index (χ0) is 18.0. The summed E-state index contributed by atoms with van der Waals surface area (Å²) in [5.74, 6) is -0.0569. The monoisotopic (exact) mass is 340 g/mol. The first-order valence-corrected chi connectivity index (χ1v) is 8.11. The van der Waals surface area contributed by atoms with Gasteiger partial charge in [-0.15, -0.1) is 0 Å². The fourth-order valence-corrected chi connectivity index (χ4v) is 2.44. The highest BCUT2D eigenvalue weighted by molar-refractivity contribution is 5.64. The molecule has 3 rings (SSSR count). The van der Waals surface area contributed by atoms with Crippen LogP contribution in [-0.2, 0) is 6.54 Å². The standard InChI is InChI=1S/C18H21FN6/c1-11(2)25-10-14(9-22-25)17-12(3)8-21-18(24-17)23-16-5-4-13(7-20)6-15(16)19/h4-6,8-11H,7,20H2,1-3H3,(H,21,23,24). The molecule has 3 aromatic rings. The van der Waals surface area contributed by atoms with Gasteiger partial charge in [-0.1, -0.05) is 6.07 Å². The second-order valence-electron chi connectivity index (χ2n) is 6.17. The third-order valence-corrected chi connectivity index (χ3v) is 3.89. The fourth-order valence-electron chi connectivity index (χ4n) is 2.44. The molecule has 6 nitrogen and oxygen atoms in total. The Balaban J connectivity index is 1.91. The van der Waals surface area contributed by atoms with Gasteiger partial charge in [0.25, 0.3) is 0 Å². The maximum Gasteiger partial charge on any atom is 0.227 e. The Morgan fingerprint density at radius 1 is 1.28 bits per heavy atom. The SMILES string of the molecule is Cc1cnc(Nc2ccc(CN)cc2F)nc1-c1cnn(C(C)C)c1. The number of hydrogen-bond donors (Lipinski definition) is 2. The Bertz CT molecular complexity index is 887. The first-order valence-electron chi connectivity index (χ1n) is 8.11. The van der Waals surface area contributed by atoms with Crippen LogP contribution in [0.3, 0.4) is 0 Å². The van der Waals surface area contributed by atoms with E-state index in [2.05, 4.69) is 34.2 Å². The Hall–Kier alpha value is -2.80. The van der Waals surface area contributed by atoms with E-state index in [1.807, 2.05) is 17.8 Å². The van der Waals surface area contributed by atoms with Crippen molar-refractivity contribution in [3.05, 3.63) is 53.7 Å². The molecule has 0 aliphatic heterocycles. The van der Waals surface area contributed by atoms with Crippen LogP contribution in [0.2, 0.25) is 0 Å². The van der Waals surface area contributed by atoms with Crippen LogP contribution in [0, 0.1) is 12.7 Å². The molecule has 0 amide bonds. The molecular weight excluding hydrogens is 319 g/mol. The number of hydrogen-bond acceptors (Lipinski definition) is 5. The van der Waals surface area contributed by atoms with Crippen molar-refractivity contribution < 1.29 is 4.39 Å². The van der Waals surface area contributed by atoms with Crippen LogP contribution in [0.1, 0.15) is 31.0 Å². The number of nitrogens with zero attached hydrogens (tertiary/aromatic N) is 4. The molecule has 3 N–H and O–H groups in total. The minimum atomic E-state index is -0.388. The van der Waals surface area contributed by atoms with Crippen molar-refractivity contribution in [3.8, 4) is 11.3 Å². The molecule has 1 aromatic carbocycles. The molecular formula is C18H21FN6. The number of anilines is 2. The molecule has 0 spiro atoms. The van der Waals surface area contributed by atoms with Crippen molar-refractivity contribution in [2.24, 2.45) is 5.73 Å². The van der Waals surface area contributed by atoms with Crippen LogP contribution in [0.15, 0.2) is 36.8 Å². The van der Waals surface area contributed by atoms with Crippen molar-refractivity contribution >= 4 is 11.6 Å². The number of rotatable bonds is 5. The molecule has 130 valence electrons. The summed E-state index contributed by atoms with van der Waals surface area (Å²) in [6, 6.07) is 5.08. The summed E-state index contributed by atoms with van der Waals surface area (Å²) < 4.78 is 16.0. The maximum atomic E-state index is 14.1. The van der Waals surface area contributed by atoms with Gasteiger partial charge in [0.05, 0.1) is 17.6 Å². The molecule has 0 fully saturated rings. The number of aryl methyl sites for hydroxylation is 1. The summed E-state index contributed by atoms with van der Waals surface area (Å²) in [5.41, 5.74) is 9.16. The van der Waals surface area contributed by atoms with E-state index in [1.54, 1.807) is 24.5 Å². The van der Waals surface area contributed by atoms with E-state index in [-0.39, 0.29) is 11.9 Å². The lowest BCUT2D eigenvalue weighted by Crippen LogP contribution is -2.03. The van der Waals surface area contributed by atoms with Crippen molar-refractivity contribution in [1.82, 2.24) is 19.7 Å². The van der Waals surface area contributed by atoms with Crippen LogP contribution in [0.25, 0.3) is 11.3 Å². The highest BCUT2D eigenvalue weighted by Crippen LogP contribution is 2.24. The Labute approximate surface area is 145 Å². The lowest BCUT2D eigenvalue weighted by atomic mass is 10.1. The van der Waals surface area contributed by atoms with Gasteiger partial charge < -0.3 is 11.1 Å². The fraction of sp³-hybridized carbons (Fsp3) is 0.278. The lowest BCUT2D eigenvalue weighted by Gasteiger charge is -2.09. The molecule has 25 heavy (non-hydrogen) atoms. The molecule has 0 unspecified atom stereocenters. The largest absolute Gasteiger partial charge is 0.326 e. The summed E-state index contributed by atoms with van der Waals surface area (Å²) in [6.45, 7) is 6.35. The van der Waals surface area contributed by atoms with Gasteiger partial charge in [0.2, 0.25) is 5.95 Å². The van der Waals surface area contributed by atoms with E-state index >= 15 is 0 Å². The van der Waals surface area contributed by atoms with E-state index in [9.17, 15) is 4.39 Å². The van der Waals surface area contributed by atoms with Crippen LogP contribution in [0.5, 0.6) is 0 Å². The zero-order valence-electron chi connectivity index (χ0n) is 14.5. The van der Waals surface area contributed by atoms with Crippen LogP contribution >= 0.6 is 0 Å². The van der Waals surface area contributed by atoms with Crippen molar-refractivity contribution in [2.45, 2.75) is 33.4 Å². The third kappa shape index (κ3) is 3.66. The van der Waals surface area contributed by atoms with Crippen LogP contribution in [0.4, 0.5) is 16.0 Å². The first kappa shape index (κ1) is 17.0. The maximum absolute atomic E-state index is 14.1. The first-order chi connectivity index (χ1) is 12.0. The second-order valence-corrected chi connectivity index (χ2v) is 6.17. The molecule has 0 aliphatic carbocycles. The van der Waals surface area contributed by atoms with Gasteiger partial charge in [-0.25, -0.2) is 14.4 Å². The molecule has 0 atom stereocenters. The van der Waals surface area contributed by atoms with Gasteiger partial charge >= 0.3 is 0 Å². The number of aromatic nitrogens is 4. The van der Waals surface area contributed by atoms with Gasteiger partial charge in [0, 0.05) is 30.5 Å². The van der Waals surface area contributed by atoms with E-state index in [1.165, 1.54) is 6.07 Å². The van der Waals surface area contributed by atoms with Crippen molar-refractivity contribution in [3.63, 3.8) is 0 Å². The Morgan fingerprint density at radius 3 is 2.72 bits per heavy atom. The number of benzene rings is 1. The lowest BCUT2D eigenvalue weighted by molar-refractivity contribution is 0.532. The summed E-state index contributed by atoms with van der Waals surface area (Å²) in [5, 5.41) is 7.27. The van der Waals surface area contributed by atoms with Gasteiger partial charge in [-0.05, 0) is 44.0 Å². The minimum absolute atomic E-state index is 0.267. The molecule has 2 heterocycles. The average Bonchev–Trinajstić information content (AvgIpc) is 3.08. The molecule has 0 saturated carbocycles. The Kier molecular flexibility index (Phi) is 4.76. The summed E-state index contributed by atoms with van der Waals surface area (Å²) in [7, 11) is 0.